The highest BCUT2D eigenvalue weighted by atomic mass is 79.9. The van der Waals surface area contributed by atoms with Gasteiger partial charge in [0.05, 0.1) is 31.9 Å². The number of sulfonamides is 1. The lowest BCUT2D eigenvalue weighted by Crippen LogP contribution is -2.40. The first-order valence-corrected chi connectivity index (χ1v) is 12.9. The van der Waals surface area contributed by atoms with E-state index in [1.165, 1.54) is 38.6 Å². The first-order chi connectivity index (χ1) is 16.8. The molecule has 0 aliphatic heterocycles. The van der Waals surface area contributed by atoms with E-state index in [4.69, 9.17) is 9.47 Å². The SMILES string of the molecule is COc1ccc(S(=O)(=O)N(CCc2ccccc2)CC(=O)N/N=C/c2ccc(Br)cc2)cc1OC. The largest absolute Gasteiger partial charge is 0.493 e. The number of nitrogens with one attached hydrogen (secondary N) is 1. The van der Waals surface area contributed by atoms with Crippen LogP contribution in [0, 0.1) is 0 Å². The van der Waals surface area contributed by atoms with Crippen LogP contribution in [0.5, 0.6) is 11.5 Å². The van der Waals surface area contributed by atoms with E-state index in [1.807, 2.05) is 54.6 Å². The standard InChI is InChI=1S/C25H26BrN3O5S/c1-33-23-13-12-22(16-24(23)34-2)35(31,32)29(15-14-19-6-4-3-5-7-19)18-25(30)28-27-17-20-8-10-21(26)11-9-20/h3-13,16-17H,14-15,18H2,1-2H3,(H,28,30)/b27-17+. The van der Waals surface area contributed by atoms with Gasteiger partial charge in [-0.15, -0.1) is 0 Å². The average molecular weight is 560 g/mol. The van der Waals surface area contributed by atoms with Gasteiger partial charge in [-0.2, -0.15) is 9.41 Å². The molecule has 3 aromatic carbocycles. The zero-order valence-electron chi connectivity index (χ0n) is 19.3. The normalized spacial score (nSPS) is 11.5. The summed E-state index contributed by atoms with van der Waals surface area (Å²) in [6.07, 6.45) is 1.92. The lowest BCUT2D eigenvalue weighted by atomic mass is 10.1. The van der Waals surface area contributed by atoms with E-state index in [2.05, 4.69) is 26.5 Å². The highest BCUT2D eigenvalue weighted by Crippen LogP contribution is 2.30. The first kappa shape index (κ1) is 26.4. The summed E-state index contributed by atoms with van der Waals surface area (Å²) in [5, 5.41) is 3.95. The van der Waals surface area contributed by atoms with Gasteiger partial charge in [-0.25, -0.2) is 13.8 Å². The Balaban J connectivity index is 1.79. The number of hydrogen-bond donors (Lipinski definition) is 1. The molecule has 1 amide bonds. The molecule has 0 saturated carbocycles. The molecule has 0 unspecified atom stereocenters. The number of rotatable bonds is 11. The molecule has 1 N–H and O–H groups in total. The average Bonchev–Trinajstić information content (AvgIpc) is 2.87. The Labute approximate surface area is 213 Å². The molecular weight excluding hydrogens is 534 g/mol. The Bertz CT molecular complexity index is 1270. The highest BCUT2D eigenvalue weighted by Gasteiger charge is 2.27. The summed E-state index contributed by atoms with van der Waals surface area (Å²) in [4.78, 5) is 12.6. The third-order valence-electron chi connectivity index (χ3n) is 5.08. The van der Waals surface area contributed by atoms with E-state index in [0.717, 1.165) is 19.9 Å². The molecule has 3 aromatic rings. The first-order valence-electron chi connectivity index (χ1n) is 10.7. The fourth-order valence-corrected chi connectivity index (χ4v) is 4.91. The molecule has 0 saturated heterocycles. The topological polar surface area (TPSA) is 97.3 Å². The summed E-state index contributed by atoms with van der Waals surface area (Å²) >= 11 is 3.36. The molecule has 184 valence electrons. The molecule has 0 radical (unpaired) electrons. The third-order valence-corrected chi connectivity index (χ3v) is 7.45. The van der Waals surface area contributed by atoms with Crippen molar-refractivity contribution in [2.75, 3.05) is 27.3 Å². The van der Waals surface area contributed by atoms with E-state index >= 15 is 0 Å². The van der Waals surface area contributed by atoms with Crippen LogP contribution in [0.2, 0.25) is 0 Å². The summed E-state index contributed by atoms with van der Waals surface area (Å²) in [6.45, 7) is -0.300. The van der Waals surface area contributed by atoms with Crippen molar-refractivity contribution >= 4 is 38.1 Å². The van der Waals surface area contributed by atoms with E-state index in [-0.39, 0.29) is 17.2 Å². The van der Waals surface area contributed by atoms with Gasteiger partial charge in [-0.3, -0.25) is 4.79 Å². The number of hydrazone groups is 1. The molecule has 3 rings (SSSR count). The van der Waals surface area contributed by atoms with Crippen molar-refractivity contribution in [2.45, 2.75) is 11.3 Å². The van der Waals surface area contributed by atoms with Gasteiger partial charge < -0.3 is 9.47 Å². The molecule has 0 heterocycles. The Morgan fingerprint density at radius 3 is 2.34 bits per heavy atom. The van der Waals surface area contributed by atoms with Gasteiger partial charge >= 0.3 is 0 Å². The fourth-order valence-electron chi connectivity index (χ4n) is 3.23. The van der Waals surface area contributed by atoms with Crippen LogP contribution in [0.15, 0.2) is 87.3 Å². The monoisotopic (exact) mass is 559 g/mol. The number of benzene rings is 3. The summed E-state index contributed by atoms with van der Waals surface area (Å²) in [7, 11) is -1.13. The maximum Gasteiger partial charge on any atom is 0.255 e. The van der Waals surface area contributed by atoms with Gasteiger partial charge in [0.15, 0.2) is 11.5 Å². The molecule has 0 fully saturated rings. The zero-order valence-corrected chi connectivity index (χ0v) is 21.8. The van der Waals surface area contributed by atoms with Crippen molar-refractivity contribution in [3.8, 4) is 11.5 Å². The summed E-state index contributed by atoms with van der Waals surface area (Å²) in [5.41, 5.74) is 4.14. The lowest BCUT2D eigenvalue weighted by molar-refractivity contribution is -0.121. The van der Waals surface area contributed by atoms with E-state index in [0.29, 0.717) is 12.2 Å². The maximum atomic E-state index is 13.5. The van der Waals surface area contributed by atoms with Gasteiger partial charge in [0.1, 0.15) is 0 Å². The molecule has 35 heavy (non-hydrogen) atoms. The third kappa shape index (κ3) is 7.38. The predicted molar refractivity (Wildman–Crippen MR) is 138 cm³/mol. The number of halogens is 1. The van der Waals surface area contributed by atoms with E-state index in [1.54, 1.807) is 0 Å². The van der Waals surface area contributed by atoms with E-state index < -0.39 is 22.5 Å². The summed E-state index contributed by atoms with van der Waals surface area (Å²) < 4.78 is 39.5. The summed E-state index contributed by atoms with van der Waals surface area (Å²) in [5.74, 6) is 0.123. The second kappa shape index (κ2) is 12.5. The van der Waals surface area contributed by atoms with Crippen molar-refractivity contribution in [2.24, 2.45) is 5.10 Å². The predicted octanol–water partition coefficient (Wildman–Crippen LogP) is 3.85. The molecule has 0 atom stereocenters. The lowest BCUT2D eigenvalue weighted by Gasteiger charge is -2.22. The highest BCUT2D eigenvalue weighted by molar-refractivity contribution is 9.10. The minimum Gasteiger partial charge on any atom is -0.493 e. The number of nitrogens with zero attached hydrogens (tertiary/aromatic N) is 2. The Morgan fingerprint density at radius 1 is 1.00 bits per heavy atom. The van der Waals surface area contributed by atoms with Crippen molar-refractivity contribution < 1.29 is 22.7 Å². The molecule has 8 nitrogen and oxygen atoms in total. The number of amides is 1. The Morgan fingerprint density at radius 2 is 1.69 bits per heavy atom. The van der Waals surface area contributed by atoms with Crippen molar-refractivity contribution in [3.05, 3.63) is 88.4 Å². The van der Waals surface area contributed by atoms with Crippen LogP contribution in [-0.2, 0) is 21.2 Å². The fraction of sp³-hybridized carbons (Fsp3) is 0.200. The van der Waals surface area contributed by atoms with Crippen LogP contribution >= 0.6 is 15.9 Å². The van der Waals surface area contributed by atoms with Crippen molar-refractivity contribution in [3.63, 3.8) is 0 Å². The summed E-state index contributed by atoms with van der Waals surface area (Å²) in [6, 6.07) is 21.1. The molecule has 0 spiro atoms. The van der Waals surface area contributed by atoms with Gasteiger partial charge in [0.25, 0.3) is 5.91 Å². The maximum absolute atomic E-state index is 13.5. The minimum atomic E-state index is -4.03. The van der Waals surface area contributed by atoms with Crippen molar-refractivity contribution in [1.29, 1.82) is 0 Å². The smallest absolute Gasteiger partial charge is 0.255 e. The molecule has 0 aliphatic carbocycles. The Hall–Kier alpha value is -3.21. The van der Waals surface area contributed by atoms with E-state index in [9.17, 15) is 13.2 Å². The van der Waals surface area contributed by atoms with Gasteiger partial charge in [0.2, 0.25) is 10.0 Å². The quantitative estimate of drug-likeness (QED) is 0.284. The van der Waals surface area contributed by atoms with Gasteiger partial charge in [0, 0.05) is 17.1 Å². The van der Waals surface area contributed by atoms with Crippen LogP contribution < -0.4 is 14.9 Å². The second-order valence-electron chi connectivity index (χ2n) is 7.44. The number of methoxy groups -OCH3 is 2. The second-order valence-corrected chi connectivity index (χ2v) is 10.3. The van der Waals surface area contributed by atoms with Crippen LogP contribution in [0.3, 0.4) is 0 Å². The van der Waals surface area contributed by atoms with Gasteiger partial charge in [-0.05, 0) is 41.8 Å². The minimum absolute atomic E-state index is 0.00521. The van der Waals surface area contributed by atoms with Crippen LogP contribution in [0.25, 0.3) is 0 Å². The Kier molecular flexibility index (Phi) is 9.41. The molecule has 0 aliphatic rings. The van der Waals surface area contributed by atoms with Crippen molar-refractivity contribution in [1.82, 2.24) is 9.73 Å². The zero-order chi connectivity index (χ0) is 25.3. The molecule has 0 aromatic heterocycles. The van der Waals surface area contributed by atoms with Crippen LogP contribution in [-0.4, -0.2) is 52.2 Å². The molecular formula is C25H26BrN3O5S. The molecule has 0 bridgehead atoms. The number of hydrogen-bond acceptors (Lipinski definition) is 6. The van der Waals surface area contributed by atoms with Gasteiger partial charge in [-0.1, -0.05) is 58.4 Å². The molecule has 10 heteroatoms. The number of ether oxygens (including phenoxy) is 2. The number of carbonyl (C=O) groups is 1. The van der Waals surface area contributed by atoms with Crippen LogP contribution in [0.1, 0.15) is 11.1 Å². The van der Waals surface area contributed by atoms with Crippen LogP contribution in [0.4, 0.5) is 0 Å². The number of carbonyl (C=O) groups excluding carboxylic acids is 1.